The Morgan fingerprint density at radius 1 is 1.07 bits per heavy atom. The lowest BCUT2D eigenvalue weighted by Crippen LogP contribution is -2.53. The van der Waals surface area contributed by atoms with Crippen LogP contribution in [0.25, 0.3) is 0 Å². The third-order valence-electron chi connectivity index (χ3n) is 5.39. The lowest BCUT2D eigenvalue weighted by atomic mass is 10.2. The van der Waals surface area contributed by atoms with Gasteiger partial charge in [0.05, 0.1) is 6.04 Å². The van der Waals surface area contributed by atoms with Crippen LogP contribution in [-0.4, -0.2) is 67.9 Å². The molecule has 2 aromatic rings. The van der Waals surface area contributed by atoms with Gasteiger partial charge in [-0.05, 0) is 31.2 Å². The van der Waals surface area contributed by atoms with E-state index in [4.69, 9.17) is 14.2 Å². The monoisotopic (exact) mass is 397 g/mol. The van der Waals surface area contributed by atoms with E-state index in [2.05, 4.69) is 15.1 Å². The van der Waals surface area contributed by atoms with Crippen molar-refractivity contribution in [1.82, 2.24) is 9.80 Å². The SMILES string of the molecule is CC(C(=O)Nc1ccc2c(c1)OCO2)N1CCN(CCOc2ccccc2)CC1. The molecule has 1 fully saturated rings. The number of carbonyl (C=O) groups is 1. The summed E-state index contributed by atoms with van der Waals surface area (Å²) in [6.07, 6.45) is 0. The van der Waals surface area contributed by atoms with Gasteiger partial charge in [0.2, 0.25) is 12.7 Å². The van der Waals surface area contributed by atoms with Gasteiger partial charge in [0.1, 0.15) is 12.4 Å². The lowest BCUT2D eigenvalue weighted by molar-refractivity contribution is -0.121. The summed E-state index contributed by atoms with van der Waals surface area (Å²) >= 11 is 0. The first kappa shape index (κ1) is 19.5. The minimum atomic E-state index is -0.192. The fourth-order valence-corrected chi connectivity index (χ4v) is 3.57. The van der Waals surface area contributed by atoms with Crippen LogP contribution in [0.15, 0.2) is 48.5 Å². The second-order valence-corrected chi connectivity index (χ2v) is 7.27. The number of benzene rings is 2. The summed E-state index contributed by atoms with van der Waals surface area (Å²) in [6.45, 7) is 7.33. The molecule has 0 bridgehead atoms. The van der Waals surface area contributed by atoms with Crippen LogP contribution in [0.3, 0.4) is 0 Å². The zero-order valence-electron chi connectivity index (χ0n) is 16.7. The van der Waals surface area contributed by atoms with E-state index in [0.717, 1.165) is 44.2 Å². The van der Waals surface area contributed by atoms with Gasteiger partial charge in [-0.1, -0.05) is 18.2 Å². The minimum Gasteiger partial charge on any atom is -0.492 e. The number of fused-ring (bicyclic) bond motifs is 1. The van der Waals surface area contributed by atoms with Crippen LogP contribution in [0, 0.1) is 0 Å². The predicted molar refractivity (Wildman–Crippen MR) is 111 cm³/mol. The van der Waals surface area contributed by atoms with Crippen molar-refractivity contribution in [1.29, 1.82) is 0 Å². The first-order valence-electron chi connectivity index (χ1n) is 10.0. The van der Waals surface area contributed by atoms with Gasteiger partial charge >= 0.3 is 0 Å². The number of anilines is 1. The van der Waals surface area contributed by atoms with E-state index in [1.165, 1.54) is 0 Å². The fourth-order valence-electron chi connectivity index (χ4n) is 3.57. The summed E-state index contributed by atoms with van der Waals surface area (Å²) in [5.74, 6) is 2.27. The van der Waals surface area contributed by atoms with Gasteiger partial charge < -0.3 is 19.5 Å². The molecule has 1 N–H and O–H groups in total. The summed E-state index contributed by atoms with van der Waals surface area (Å²) < 4.78 is 16.5. The number of amides is 1. The Labute approximate surface area is 171 Å². The molecule has 2 aliphatic rings. The van der Waals surface area contributed by atoms with Crippen LogP contribution >= 0.6 is 0 Å². The molecular weight excluding hydrogens is 370 g/mol. The van der Waals surface area contributed by atoms with Gasteiger partial charge in [-0.2, -0.15) is 0 Å². The van der Waals surface area contributed by atoms with E-state index in [1.54, 1.807) is 6.07 Å². The molecule has 154 valence electrons. The molecule has 1 amide bonds. The molecule has 1 saturated heterocycles. The van der Waals surface area contributed by atoms with Crippen molar-refractivity contribution in [3.8, 4) is 17.2 Å². The predicted octanol–water partition coefficient (Wildman–Crippen LogP) is 2.44. The third-order valence-corrected chi connectivity index (χ3v) is 5.39. The van der Waals surface area contributed by atoms with E-state index in [-0.39, 0.29) is 18.7 Å². The zero-order valence-corrected chi connectivity index (χ0v) is 16.7. The van der Waals surface area contributed by atoms with Crippen molar-refractivity contribution in [3.63, 3.8) is 0 Å². The Morgan fingerprint density at radius 3 is 2.62 bits per heavy atom. The second kappa shape index (κ2) is 9.15. The summed E-state index contributed by atoms with van der Waals surface area (Å²) in [6, 6.07) is 15.1. The molecule has 0 radical (unpaired) electrons. The van der Waals surface area contributed by atoms with Crippen LogP contribution < -0.4 is 19.5 Å². The van der Waals surface area contributed by atoms with Gasteiger partial charge in [0.25, 0.3) is 0 Å². The smallest absolute Gasteiger partial charge is 0.241 e. The van der Waals surface area contributed by atoms with E-state index >= 15 is 0 Å². The first-order valence-corrected chi connectivity index (χ1v) is 10.0. The Morgan fingerprint density at radius 2 is 1.83 bits per heavy atom. The number of hydrogen-bond acceptors (Lipinski definition) is 6. The molecule has 29 heavy (non-hydrogen) atoms. The van der Waals surface area contributed by atoms with Crippen LogP contribution in [0.1, 0.15) is 6.92 Å². The van der Waals surface area contributed by atoms with Gasteiger partial charge in [-0.3, -0.25) is 14.6 Å². The number of para-hydroxylation sites is 1. The van der Waals surface area contributed by atoms with Gasteiger partial charge in [0, 0.05) is 44.5 Å². The van der Waals surface area contributed by atoms with Crippen molar-refractivity contribution in [3.05, 3.63) is 48.5 Å². The molecular formula is C22H27N3O4. The highest BCUT2D eigenvalue weighted by Crippen LogP contribution is 2.34. The highest BCUT2D eigenvalue weighted by atomic mass is 16.7. The zero-order chi connectivity index (χ0) is 20.1. The summed E-state index contributed by atoms with van der Waals surface area (Å²) in [7, 11) is 0. The molecule has 7 heteroatoms. The van der Waals surface area contributed by atoms with Crippen molar-refractivity contribution < 1.29 is 19.0 Å². The number of ether oxygens (including phenoxy) is 3. The molecule has 1 atom stereocenters. The molecule has 0 aliphatic carbocycles. The number of carbonyl (C=O) groups excluding carboxylic acids is 1. The molecule has 2 heterocycles. The van der Waals surface area contributed by atoms with Gasteiger partial charge in [-0.15, -0.1) is 0 Å². The molecule has 1 unspecified atom stereocenters. The summed E-state index contributed by atoms with van der Waals surface area (Å²) in [5, 5.41) is 2.98. The molecule has 2 aliphatic heterocycles. The maximum Gasteiger partial charge on any atom is 0.241 e. The lowest BCUT2D eigenvalue weighted by Gasteiger charge is -2.37. The maximum absolute atomic E-state index is 12.7. The average molecular weight is 397 g/mol. The van der Waals surface area contributed by atoms with E-state index < -0.39 is 0 Å². The topological polar surface area (TPSA) is 63.3 Å². The molecule has 7 nitrogen and oxygen atoms in total. The quantitative estimate of drug-likeness (QED) is 0.774. The molecule has 2 aromatic carbocycles. The van der Waals surface area contributed by atoms with Crippen LogP contribution in [0.5, 0.6) is 17.2 Å². The number of piperazine rings is 1. The van der Waals surface area contributed by atoms with Crippen molar-refractivity contribution in [2.24, 2.45) is 0 Å². The number of nitrogens with zero attached hydrogens (tertiary/aromatic N) is 2. The van der Waals surface area contributed by atoms with Crippen LogP contribution in [0.4, 0.5) is 5.69 Å². The first-order chi connectivity index (χ1) is 14.2. The molecule has 0 spiro atoms. The maximum atomic E-state index is 12.7. The fraction of sp³-hybridized carbons (Fsp3) is 0.409. The van der Waals surface area contributed by atoms with Gasteiger partial charge in [-0.25, -0.2) is 0 Å². The number of rotatable bonds is 7. The second-order valence-electron chi connectivity index (χ2n) is 7.27. The third kappa shape index (κ3) is 4.99. The molecule has 4 rings (SSSR count). The standard InChI is InChI=1S/C22H27N3O4/c1-17(22(26)23-18-7-8-20-21(15-18)29-16-28-20)25-11-9-24(10-12-25)13-14-27-19-5-3-2-4-6-19/h2-8,15,17H,9-14,16H2,1H3,(H,23,26). The largest absolute Gasteiger partial charge is 0.492 e. The van der Waals surface area contributed by atoms with Crippen molar-refractivity contribution in [2.75, 3.05) is 51.4 Å². The summed E-state index contributed by atoms with van der Waals surface area (Å²) in [4.78, 5) is 17.3. The minimum absolute atomic E-state index is 0.00951. The Balaban J connectivity index is 1.20. The highest BCUT2D eigenvalue weighted by molar-refractivity contribution is 5.94. The van der Waals surface area contributed by atoms with Crippen LogP contribution in [-0.2, 0) is 4.79 Å². The number of hydrogen-bond donors (Lipinski definition) is 1. The molecule has 0 saturated carbocycles. The van der Waals surface area contributed by atoms with Crippen molar-refractivity contribution >= 4 is 11.6 Å². The van der Waals surface area contributed by atoms with Crippen LogP contribution in [0.2, 0.25) is 0 Å². The number of nitrogens with one attached hydrogen (secondary N) is 1. The Kier molecular flexibility index (Phi) is 6.17. The Hall–Kier alpha value is -2.77. The molecule has 0 aromatic heterocycles. The highest BCUT2D eigenvalue weighted by Gasteiger charge is 2.26. The van der Waals surface area contributed by atoms with E-state index in [1.807, 2.05) is 49.4 Å². The van der Waals surface area contributed by atoms with Gasteiger partial charge in [0.15, 0.2) is 11.5 Å². The normalized spacial score (nSPS) is 17.7. The summed E-state index contributed by atoms with van der Waals surface area (Å²) in [5.41, 5.74) is 0.725. The van der Waals surface area contributed by atoms with E-state index in [9.17, 15) is 4.79 Å². The average Bonchev–Trinajstić information content (AvgIpc) is 3.22. The van der Waals surface area contributed by atoms with Crippen molar-refractivity contribution in [2.45, 2.75) is 13.0 Å². The Bertz CT molecular complexity index is 822. The van der Waals surface area contributed by atoms with E-state index in [0.29, 0.717) is 18.1 Å².